The average molecular weight is 644 g/mol. The lowest BCUT2D eigenvalue weighted by Gasteiger charge is -2.41. The number of sulfonamides is 1. The minimum Gasteiger partial charge on any atom is -0.366 e. The van der Waals surface area contributed by atoms with Gasteiger partial charge in [0, 0.05) is 57.3 Å². The smallest absolute Gasteiger partial charge is 0.245 e. The van der Waals surface area contributed by atoms with Gasteiger partial charge in [-0.1, -0.05) is 49.7 Å². The van der Waals surface area contributed by atoms with E-state index in [0.29, 0.717) is 61.7 Å². The van der Waals surface area contributed by atoms with E-state index in [2.05, 4.69) is 29.0 Å². The minimum atomic E-state index is -3.44. The zero-order valence-corrected chi connectivity index (χ0v) is 27.7. The zero-order valence-electron chi connectivity index (χ0n) is 26.1. The van der Waals surface area contributed by atoms with Crippen LogP contribution in [-0.4, -0.2) is 94.7 Å². The van der Waals surface area contributed by atoms with Crippen LogP contribution in [0.4, 0.5) is 11.4 Å². The van der Waals surface area contributed by atoms with Crippen molar-refractivity contribution in [3.63, 3.8) is 0 Å². The van der Waals surface area contributed by atoms with E-state index >= 15 is 0 Å². The van der Waals surface area contributed by atoms with E-state index in [-0.39, 0.29) is 17.7 Å². The third-order valence-corrected chi connectivity index (χ3v) is 10.3. The summed E-state index contributed by atoms with van der Waals surface area (Å²) < 4.78 is 27.1. The molecule has 2 aliphatic heterocycles. The minimum absolute atomic E-state index is 0.0674. The fourth-order valence-corrected chi connectivity index (χ4v) is 7.10. The molecule has 1 N–H and O–H groups in total. The molecule has 2 saturated heterocycles. The number of nitrogens with one attached hydrogen (secondary N) is 1. The van der Waals surface area contributed by atoms with Crippen LogP contribution in [-0.2, 0) is 26.0 Å². The molecule has 44 heavy (non-hydrogen) atoms. The largest absolute Gasteiger partial charge is 0.366 e. The van der Waals surface area contributed by atoms with Gasteiger partial charge in [0.25, 0.3) is 0 Å². The second-order valence-electron chi connectivity index (χ2n) is 13.1. The Balaban J connectivity index is 1.24. The number of anilines is 2. The number of amides is 2. The van der Waals surface area contributed by atoms with Gasteiger partial charge >= 0.3 is 0 Å². The Morgan fingerprint density at radius 3 is 2.27 bits per heavy atom. The van der Waals surface area contributed by atoms with Crippen LogP contribution >= 0.6 is 11.6 Å². The molecular formula is C33H46ClN5O4S. The van der Waals surface area contributed by atoms with Crippen molar-refractivity contribution < 1.29 is 18.0 Å². The molecule has 240 valence electrons. The maximum absolute atomic E-state index is 13.9. The zero-order chi connectivity index (χ0) is 31.4. The standard InChI is InChI=1S/C33H46ClN5O4S/c1-24(2)14-15-36-22-27(23-36)32(40)35-29(20-25-10-12-28(34)13-11-25)33(41)38-18-16-37(17-19-38)30-6-4-5-7-31(30)39(44(3,42)43)21-26-8-9-26/h4-7,10-13,24,26-27,29H,8-9,14-23H2,1-3H3,(H,35,40)/t29-/m1/s1. The summed E-state index contributed by atoms with van der Waals surface area (Å²) in [5, 5.41) is 3.72. The van der Waals surface area contributed by atoms with Crippen molar-refractivity contribution in [1.82, 2.24) is 15.1 Å². The van der Waals surface area contributed by atoms with E-state index in [4.69, 9.17) is 11.6 Å². The van der Waals surface area contributed by atoms with E-state index in [0.717, 1.165) is 50.1 Å². The molecule has 0 radical (unpaired) electrons. The Kier molecular flexibility index (Phi) is 10.4. The van der Waals surface area contributed by atoms with Crippen molar-refractivity contribution >= 4 is 44.8 Å². The van der Waals surface area contributed by atoms with E-state index in [1.54, 1.807) is 16.4 Å². The van der Waals surface area contributed by atoms with Crippen molar-refractivity contribution in [2.45, 2.75) is 45.6 Å². The van der Waals surface area contributed by atoms with Gasteiger partial charge in [-0.3, -0.25) is 13.9 Å². The van der Waals surface area contributed by atoms with E-state index < -0.39 is 16.1 Å². The summed E-state index contributed by atoms with van der Waals surface area (Å²) in [6.45, 7) is 9.44. The van der Waals surface area contributed by atoms with Crippen molar-refractivity contribution in [1.29, 1.82) is 0 Å². The monoisotopic (exact) mass is 643 g/mol. The molecule has 0 unspecified atom stereocenters. The molecule has 5 rings (SSSR count). The summed E-state index contributed by atoms with van der Waals surface area (Å²) in [7, 11) is -3.44. The summed E-state index contributed by atoms with van der Waals surface area (Å²) in [5.41, 5.74) is 2.49. The van der Waals surface area contributed by atoms with Gasteiger partial charge in [-0.15, -0.1) is 0 Å². The van der Waals surface area contributed by atoms with Crippen LogP contribution in [0, 0.1) is 17.8 Å². The number of nitrogens with zero attached hydrogens (tertiary/aromatic N) is 4. The molecule has 2 heterocycles. The first-order valence-electron chi connectivity index (χ1n) is 15.9. The molecule has 2 aromatic carbocycles. The summed E-state index contributed by atoms with van der Waals surface area (Å²) >= 11 is 6.10. The van der Waals surface area contributed by atoms with Crippen LogP contribution < -0.4 is 14.5 Å². The lowest BCUT2D eigenvalue weighted by molar-refractivity contribution is -0.139. The first-order chi connectivity index (χ1) is 21.0. The quantitative estimate of drug-likeness (QED) is 0.356. The fourth-order valence-electron chi connectivity index (χ4n) is 5.98. The van der Waals surface area contributed by atoms with Gasteiger partial charge in [0.2, 0.25) is 21.8 Å². The molecule has 0 spiro atoms. The molecule has 3 aliphatic rings. The highest BCUT2D eigenvalue weighted by atomic mass is 35.5. The normalized spacial score (nSPS) is 18.7. The molecule has 1 saturated carbocycles. The molecular weight excluding hydrogens is 598 g/mol. The molecule has 1 atom stereocenters. The van der Waals surface area contributed by atoms with Crippen LogP contribution in [0.3, 0.4) is 0 Å². The number of piperazine rings is 1. The number of hydrogen-bond donors (Lipinski definition) is 1. The highest BCUT2D eigenvalue weighted by Crippen LogP contribution is 2.37. The number of hydrogen-bond acceptors (Lipinski definition) is 6. The summed E-state index contributed by atoms with van der Waals surface area (Å²) in [5.74, 6) is 0.762. The van der Waals surface area contributed by atoms with Crippen LogP contribution in [0.5, 0.6) is 0 Å². The van der Waals surface area contributed by atoms with Gasteiger partial charge in [-0.25, -0.2) is 8.42 Å². The first-order valence-corrected chi connectivity index (χ1v) is 18.1. The van der Waals surface area contributed by atoms with Gasteiger partial charge in [0.15, 0.2) is 0 Å². The van der Waals surface area contributed by atoms with Gasteiger partial charge in [0.1, 0.15) is 6.04 Å². The lowest BCUT2D eigenvalue weighted by Crippen LogP contribution is -2.59. The summed E-state index contributed by atoms with van der Waals surface area (Å²) in [6.07, 6.45) is 4.87. The number of benzene rings is 2. The van der Waals surface area contributed by atoms with Crippen LogP contribution in [0.2, 0.25) is 5.02 Å². The van der Waals surface area contributed by atoms with E-state index in [1.165, 1.54) is 6.26 Å². The van der Waals surface area contributed by atoms with Gasteiger partial charge < -0.3 is 20.0 Å². The van der Waals surface area contributed by atoms with Crippen LogP contribution in [0.25, 0.3) is 0 Å². The maximum atomic E-state index is 13.9. The number of likely N-dealkylation sites (tertiary alicyclic amines) is 1. The summed E-state index contributed by atoms with van der Waals surface area (Å²) in [6, 6.07) is 14.4. The molecule has 2 amide bonds. The molecule has 2 aromatic rings. The third-order valence-electron chi connectivity index (χ3n) is 8.92. The predicted molar refractivity (Wildman–Crippen MR) is 177 cm³/mol. The fraction of sp³-hybridized carbons (Fsp3) is 0.576. The summed E-state index contributed by atoms with van der Waals surface area (Å²) in [4.78, 5) is 33.5. The van der Waals surface area contributed by atoms with Gasteiger partial charge in [-0.05, 0) is 67.5 Å². The van der Waals surface area contributed by atoms with Gasteiger partial charge in [0.05, 0.1) is 23.5 Å². The second-order valence-corrected chi connectivity index (χ2v) is 15.4. The lowest BCUT2D eigenvalue weighted by atomic mass is 9.96. The van der Waals surface area contributed by atoms with Crippen LogP contribution in [0.15, 0.2) is 48.5 Å². The second kappa shape index (κ2) is 14.1. The molecule has 9 nitrogen and oxygen atoms in total. The molecule has 3 fully saturated rings. The predicted octanol–water partition coefficient (Wildman–Crippen LogP) is 3.87. The Morgan fingerprint density at radius 1 is 1.00 bits per heavy atom. The number of carbonyl (C=O) groups excluding carboxylic acids is 2. The van der Waals surface area contributed by atoms with Gasteiger partial charge in [-0.2, -0.15) is 0 Å². The number of carbonyl (C=O) groups is 2. The van der Waals surface area contributed by atoms with Crippen LogP contribution in [0.1, 0.15) is 38.7 Å². The SMILES string of the molecule is CC(C)CCN1CC(C(=O)N[C@H](Cc2ccc(Cl)cc2)C(=O)N2CCN(c3ccccc3N(CC3CC3)S(C)(=O)=O)CC2)C1. The third kappa shape index (κ3) is 8.46. The molecule has 0 bridgehead atoms. The first kappa shape index (κ1) is 32.6. The molecule has 11 heteroatoms. The van der Waals surface area contributed by atoms with Crippen molar-refractivity contribution in [3.05, 3.63) is 59.1 Å². The Morgan fingerprint density at radius 2 is 1.66 bits per heavy atom. The molecule has 0 aromatic heterocycles. The number of rotatable bonds is 13. The average Bonchev–Trinajstić information content (AvgIpc) is 3.79. The van der Waals surface area contributed by atoms with Crippen molar-refractivity contribution in [2.75, 3.05) is 67.8 Å². The Bertz CT molecular complexity index is 1400. The Hall–Kier alpha value is -2.82. The Labute approximate surface area is 267 Å². The molecule has 1 aliphatic carbocycles. The number of para-hydroxylation sites is 2. The van der Waals surface area contributed by atoms with Crippen molar-refractivity contribution in [3.8, 4) is 0 Å². The topological polar surface area (TPSA) is 93.3 Å². The van der Waals surface area contributed by atoms with E-state index in [1.807, 2.05) is 41.3 Å². The maximum Gasteiger partial charge on any atom is 0.245 e. The van der Waals surface area contributed by atoms with E-state index in [9.17, 15) is 18.0 Å². The highest BCUT2D eigenvalue weighted by Gasteiger charge is 2.36. The van der Waals surface area contributed by atoms with Crippen molar-refractivity contribution in [2.24, 2.45) is 17.8 Å². The number of halogens is 1. The highest BCUT2D eigenvalue weighted by molar-refractivity contribution is 7.92.